The smallest absolute Gasteiger partial charge is 0.0413 e. The fourth-order valence-electron chi connectivity index (χ4n) is 0.803. The molecule has 0 atom stereocenters. The lowest BCUT2D eigenvalue weighted by atomic mass is 10.4. The first kappa shape index (κ1) is 5.06. The van der Waals surface area contributed by atoms with Crippen LogP contribution in [-0.2, 0) is 0 Å². The van der Waals surface area contributed by atoms with E-state index in [4.69, 9.17) is 0 Å². The van der Waals surface area contributed by atoms with Crippen molar-refractivity contribution in [2.45, 2.75) is 12.8 Å². The van der Waals surface area contributed by atoms with E-state index >= 15 is 0 Å². The summed E-state index contributed by atoms with van der Waals surface area (Å²) in [5.41, 5.74) is 3.04. The van der Waals surface area contributed by atoms with Crippen LogP contribution in [0.4, 0.5) is 0 Å². The molecule has 0 aromatic heterocycles. The number of hydrogen-bond donors (Lipinski definition) is 1. The summed E-state index contributed by atoms with van der Waals surface area (Å²) in [7, 11) is 1.95. The average molecular weight is 99.2 g/mol. The monoisotopic (exact) mass is 99.1 g/mol. The molecule has 41 valence electrons. The Balaban J connectivity index is 2.14. The summed E-state index contributed by atoms with van der Waals surface area (Å²) in [5.74, 6) is 0. The molecular formula is C5H11N2. The molecule has 7 heavy (non-hydrogen) atoms. The van der Waals surface area contributed by atoms with Crippen LogP contribution in [0, 0.1) is 6.54 Å². The van der Waals surface area contributed by atoms with Gasteiger partial charge in [-0.05, 0) is 19.9 Å². The van der Waals surface area contributed by atoms with E-state index in [9.17, 15) is 0 Å². The Bertz CT molecular complexity index is 48.0. The summed E-state index contributed by atoms with van der Waals surface area (Å²) in [6, 6.07) is 0. The van der Waals surface area contributed by atoms with E-state index in [1.54, 1.807) is 0 Å². The molecule has 2 heteroatoms. The van der Waals surface area contributed by atoms with Crippen molar-refractivity contribution in [1.29, 1.82) is 0 Å². The Kier molecular flexibility index (Phi) is 1.65. The summed E-state index contributed by atoms with van der Waals surface area (Å²) in [6.45, 7) is 3.36. The maximum absolute atomic E-state index is 3.04. The second kappa shape index (κ2) is 2.28. The van der Waals surface area contributed by atoms with E-state index in [2.05, 4.69) is 17.0 Å². The zero-order valence-electron chi connectivity index (χ0n) is 4.65. The van der Waals surface area contributed by atoms with Gasteiger partial charge in [0.15, 0.2) is 0 Å². The van der Waals surface area contributed by atoms with Crippen molar-refractivity contribution in [3.8, 4) is 0 Å². The maximum atomic E-state index is 3.04. The SMILES string of the molecule is CNN1[CH]CCC1. The van der Waals surface area contributed by atoms with Crippen molar-refractivity contribution in [2.24, 2.45) is 0 Å². The van der Waals surface area contributed by atoms with Gasteiger partial charge in [0.05, 0.1) is 0 Å². The van der Waals surface area contributed by atoms with Gasteiger partial charge in [0, 0.05) is 13.1 Å². The molecule has 1 aliphatic rings. The standard InChI is InChI=1S/C5H11N2/c1-6-7-4-2-3-5-7/h4,6H,2-3,5H2,1H3. The molecule has 1 aliphatic heterocycles. The molecule has 0 aromatic rings. The molecule has 0 saturated carbocycles. The summed E-state index contributed by atoms with van der Waals surface area (Å²) >= 11 is 0. The highest BCUT2D eigenvalue weighted by atomic mass is 15.5. The molecule has 1 heterocycles. The number of hydrogen-bond acceptors (Lipinski definition) is 2. The highest BCUT2D eigenvalue weighted by Crippen LogP contribution is 2.07. The van der Waals surface area contributed by atoms with Crippen LogP contribution in [0.1, 0.15) is 12.8 Å². The van der Waals surface area contributed by atoms with Gasteiger partial charge in [-0.25, -0.2) is 5.01 Å². The number of nitrogens with one attached hydrogen (secondary N) is 1. The molecule has 0 spiro atoms. The van der Waals surface area contributed by atoms with Crippen LogP contribution in [-0.4, -0.2) is 18.6 Å². The Labute approximate surface area is 44.5 Å². The molecule has 1 radical (unpaired) electrons. The third-order valence-electron chi connectivity index (χ3n) is 1.24. The summed E-state index contributed by atoms with van der Waals surface area (Å²) in [4.78, 5) is 0. The highest BCUT2D eigenvalue weighted by molar-refractivity contribution is 4.71. The first-order valence-electron chi connectivity index (χ1n) is 2.71. The zero-order chi connectivity index (χ0) is 5.11. The summed E-state index contributed by atoms with van der Waals surface area (Å²) in [5, 5.41) is 2.11. The van der Waals surface area contributed by atoms with E-state index in [-0.39, 0.29) is 0 Å². The summed E-state index contributed by atoms with van der Waals surface area (Å²) in [6.07, 6.45) is 2.54. The lowest BCUT2D eigenvalue weighted by Gasteiger charge is -2.09. The van der Waals surface area contributed by atoms with Crippen molar-refractivity contribution in [2.75, 3.05) is 13.6 Å². The molecule has 0 aliphatic carbocycles. The van der Waals surface area contributed by atoms with Crippen LogP contribution in [0.3, 0.4) is 0 Å². The third-order valence-corrected chi connectivity index (χ3v) is 1.24. The number of rotatable bonds is 1. The quantitative estimate of drug-likeness (QED) is 0.511. The average Bonchev–Trinajstić information content (AvgIpc) is 2.14. The minimum atomic E-state index is 1.18. The van der Waals surface area contributed by atoms with Gasteiger partial charge in [0.2, 0.25) is 0 Å². The van der Waals surface area contributed by atoms with Crippen molar-refractivity contribution >= 4 is 0 Å². The zero-order valence-corrected chi connectivity index (χ0v) is 4.65. The second-order valence-electron chi connectivity index (χ2n) is 1.74. The minimum Gasteiger partial charge on any atom is -0.258 e. The Hall–Kier alpha value is -0.0800. The largest absolute Gasteiger partial charge is 0.258 e. The van der Waals surface area contributed by atoms with Crippen LogP contribution in [0.2, 0.25) is 0 Å². The summed E-state index contributed by atoms with van der Waals surface area (Å²) < 4.78 is 0. The van der Waals surface area contributed by atoms with Crippen molar-refractivity contribution in [1.82, 2.24) is 10.4 Å². The van der Waals surface area contributed by atoms with Crippen molar-refractivity contribution < 1.29 is 0 Å². The second-order valence-corrected chi connectivity index (χ2v) is 1.74. The van der Waals surface area contributed by atoms with Gasteiger partial charge in [-0.1, -0.05) is 0 Å². The van der Waals surface area contributed by atoms with E-state index < -0.39 is 0 Å². The number of hydrazine groups is 1. The van der Waals surface area contributed by atoms with E-state index in [1.165, 1.54) is 19.4 Å². The lowest BCUT2D eigenvalue weighted by molar-refractivity contribution is 0.304. The van der Waals surface area contributed by atoms with Crippen LogP contribution in [0.5, 0.6) is 0 Å². The van der Waals surface area contributed by atoms with Crippen molar-refractivity contribution in [3.05, 3.63) is 6.54 Å². The molecule has 1 N–H and O–H groups in total. The predicted octanol–water partition coefficient (Wildman–Crippen LogP) is 0.378. The molecule has 0 bridgehead atoms. The predicted molar refractivity (Wildman–Crippen MR) is 29.3 cm³/mol. The van der Waals surface area contributed by atoms with Gasteiger partial charge in [-0.15, -0.1) is 0 Å². The van der Waals surface area contributed by atoms with Gasteiger partial charge in [-0.3, -0.25) is 5.43 Å². The molecule has 0 aromatic carbocycles. The molecule has 0 unspecified atom stereocenters. The Morgan fingerprint density at radius 1 is 1.71 bits per heavy atom. The van der Waals surface area contributed by atoms with E-state index in [1.807, 2.05) is 7.05 Å². The number of nitrogens with zero attached hydrogens (tertiary/aromatic N) is 1. The molecule has 0 amide bonds. The Morgan fingerprint density at radius 3 is 2.86 bits per heavy atom. The molecule has 2 nitrogen and oxygen atoms in total. The first-order valence-corrected chi connectivity index (χ1v) is 2.71. The van der Waals surface area contributed by atoms with Crippen LogP contribution in [0.25, 0.3) is 0 Å². The van der Waals surface area contributed by atoms with Gasteiger partial charge in [0.25, 0.3) is 0 Å². The van der Waals surface area contributed by atoms with E-state index in [0.29, 0.717) is 0 Å². The van der Waals surface area contributed by atoms with Crippen LogP contribution >= 0.6 is 0 Å². The fraction of sp³-hybridized carbons (Fsp3) is 0.800. The maximum Gasteiger partial charge on any atom is 0.0413 e. The van der Waals surface area contributed by atoms with Crippen molar-refractivity contribution in [3.63, 3.8) is 0 Å². The molecular weight excluding hydrogens is 88.1 g/mol. The van der Waals surface area contributed by atoms with Gasteiger partial charge < -0.3 is 0 Å². The van der Waals surface area contributed by atoms with E-state index in [0.717, 1.165) is 0 Å². The van der Waals surface area contributed by atoms with Gasteiger partial charge in [-0.2, -0.15) is 0 Å². The van der Waals surface area contributed by atoms with Gasteiger partial charge >= 0.3 is 0 Å². The highest BCUT2D eigenvalue weighted by Gasteiger charge is 2.07. The normalized spacial score (nSPS) is 23.6. The fourth-order valence-corrected chi connectivity index (χ4v) is 0.803. The first-order chi connectivity index (χ1) is 3.43. The molecule has 1 fully saturated rings. The molecule has 1 saturated heterocycles. The third kappa shape index (κ3) is 1.14. The topological polar surface area (TPSA) is 15.3 Å². The molecule has 1 rings (SSSR count). The lowest BCUT2D eigenvalue weighted by Crippen LogP contribution is -2.28. The van der Waals surface area contributed by atoms with Gasteiger partial charge in [0.1, 0.15) is 0 Å². The van der Waals surface area contributed by atoms with Crippen LogP contribution in [0.15, 0.2) is 0 Å². The van der Waals surface area contributed by atoms with Crippen LogP contribution < -0.4 is 5.43 Å². The minimum absolute atomic E-state index is 1.18. The Morgan fingerprint density at radius 2 is 2.57 bits per heavy atom.